The molecule has 0 saturated carbocycles. The van der Waals surface area contributed by atoms with E-state index in [9.17, 15) is 0 Å². The van der Waals surface area contributed by atoms with Crippen LogP contribution in [0, 0.1) is 0 Å². The first-order valence-corrected chi connectivity index (χ1v) is 6.18. The van der Waals surface area contributed by atoms with E-state index in [1.54, 1.807) is 5.19 Å². The minimum Gasteiger partial charge on any atom is -0.269 e. The lowest BCUT2D eigenvalue weighted by molar-refractivity contribution is 0.881. The Morgan fingerprint density at radius 1 is 1.17 bits per heavy atom. The number of unbranched alkanes of at least 4 members (excludes halogenated alkanes) is 1. The van der Waals surface area contributed by atoms with Gasteiger partial charge < -0.3 is 0 Å². The summed E-state index contributed by atoms with van der Waals surface area (Å²) in [5.41, 5.74) is 0. The van der Waals surface area contributed by atoms with Crippen molar-refractivity contribution in [2.75, 3.05) is 0 Å². The van der Waals surface area contributed by atoms with Crippen LogP contribution >= 0.6 is 0 Å². The maximum atomic E-state index is 2.27. The predicted octanol–water partition coefficient (Wildman–Crippen LogP) is 1.85. The highest BCUT2D eigenvalue weighted by molar-refractivity contribution is 6.53. The Labute approximate surface area is 76.2 Å². The monoisotopic (exact) mass is 184 g/mol. The molecule has 0 saturated heterocycles. The molecule has 2 heteroatoms. The molecule has 0 spiro atoms. The lowest BCUT2D eigenvalue weighted by Crippen LogP contribution is -2.11. The molecule has 0 bridgehead atoms. The smallest absolute Gasteiger partial charge is 0.0547 e. The first-order valence-electron chi connectivity index (χ1n) is 4.47. The number of hydrogen-bond donors (Lipinski definition) is 0. The van der Waals surface area contributed by atoms with Gasteiger partial charge in [-0.2, -0.15) is 0 Å². The van der Waals surface area contributed by atoms with Crippen molar-refractivity contribution >= 4 is 14.7 Å². The molecule has 0 heterocycles. The Bertz CT molecular complexity index is 186. The van der Waals surface area contributed by atoms with Gasteiger partial charge in [-0.05, 0) is 0 Å². The van der Waals surface area contributed by atoms with Crippen molar-refractivity contribution < 1.29 is 4.70 Å². The molecule has 0 atom stereocenters. The Kier molecular flexibility index (Phi) is 6.67. The van der Waals surface area contributed by atoms with Crippen LogP contribution in [-0.4, -0.2) is 9.52 Å². The fraction of sp³-hybridized carbons (Fsp3) is 0.400. The molecule has 1 rings (SSSR count). The van der Waals surface area contributed by atoms with E-state index in [1.807, 2.05) is 0 Å². The number of rotatable bonds is 4. The van der Waals surface area contributed by atoms with Crippen molar-refractivity contribution in [3.05, 3.63) is 30.3 Å². The first-order chi connectivity index (χ1) is 5.43. The van der Waals surface area contributed by atoms with Gasteiger partial charge in [-0.1, -0.05) is 61.3 Å². The van der Waals surface area contributed by atoms with Gasteiger partial charge in [0.1, 0.15) is 0 Å². The van der Waals surface area contributed by atoms with E-state index >= 15 is 0 Å². The van der Waals surface area contributed by atoms with Crippen LogP contribution < -0.4 is 5.19 Å². The van der Waals surface area contributed by atoms with E-state index in [1.165, 1.54) is 18.9 Å². The summed E-state index contributed by atoms with van der Waals surface area (Å²) in [5.74, 6) is 0. The third kappa shape index (κ3) is 4.29. The molecule has 0 unspecified atom stereocenters. The van der Waals surface area contributed by atoms with Gasteiger partial charge in [-0.25, -0.2) is 0 Å². The van der Waals surface area contributed by atoms with E-state index in [0.29, 0.717) is 0 Å². The van der Waals surface area contributed by atoms with Crippen LogP contribution in [0.2, 0.25) is 6.04 Å². The normalized spacial score (nSPS) is 10.1. The third-order valence-corrected chi connectivity index (χ3v) is 3.81. The maximum Gasteiger partial charge on any atom is 0.0547 e. The van der Waals surface area contributed by atoms with Gasteiger partial charge in [0, 0.05) is 0 Å². The SMILES string of the molecule is CCCC[SiH2]c1ccccc1.F. The summed E-state index contributed by atoms with van der Waals surface area (Å²) in [7, 11) is 0.0776. The highest BCUT2D eigenvalue weighted by Crippen LogP contribution is 1.93. The molecule has 0 aliphatic rings. The lowest BCUT2D eigenvalue weighted by atomic mass is 10.4. The van der Waals surface area contributed by atoms with Crippen molar-refractivity contribution in [1.82, 2.24) is 0 Å². The molecular formula is C10H17FSi. The fourth-order valence-electron chi connectivity index (χ4n) is 1.22. The fourth-order valence-corrected chi connectivity index (χ4v) is 2.99. The number of halogens is 1. The largest absolute Gasteiger partial charge is 0.269 e. The molecule has 1 aromatic carbocycles. The second-order valence-electron chi connectivity index (χ2n) is 2.94. The molecule has 0 N–H and O–H groups in total. The van der Waals surface area contributed by atoms with Crippen molar-refractivity contribution in [3.63, 3.8) is 0 Å². The van der Waals surface area contributed by atoms with Gasteiger partial charge in [0.05, 0.1) is 9.52 Å². The lowest BCUT2D eigenvalue weighted by Gasteiger charge is -1.97. The first kappa shape index (κ1) is 11.4. The molecular weight excluding hydrogens is 167 g/mol. The summed E-state index contributed by atoms with van der Waals surface area (Å²) in [5, 5.41) is 1.61. The van der Waals surface area contributed by atoms with Crippen LogP contribution in [0.1, 0.15) is 19.8 Å². The quantitative estimate of drug-likeness (QED) is 0.495. The molecule has 0 aliphatic carbocycles. The van der Waals surface area contributed by atoms with Crippen LogP contribution in [0.4, 0.5) is 4.70 Å². The molecule has 12 heavy (non-hydrogen) atoms. The summed E-state index contributed by atoms with van der Waals surface area (Å²) in [4.78, 5) is 0. The molecule has 0 nitrogen and oxygen atoms in total. The van der Waals surface area contributed by atoms with Crippen LogP contribution in [0.25, 0.3) is 0 Å². The summed E-state index contributed by atoms with van der Waals surface area (Å²) >= 11 is 0. The van der Waals surface area contributed by atoms with Gasteiger partial charge in [-0.15, -0.1) is 0 Å². The summed E-state index contributed by atoms with van der Waals surface area (Å²) in [6.45, 7) is 2.26. The Morgan fingerprint density at radius 2 is 1.83 bits per heavy atom. The Balaban J connectivity index is 0.00000121. The highest BCUT2D eigenvalue weighted by atomic mass is 28.2. The van der Waals surface area contributed by atoms with Crippen LogP contribution in [0.5, 0.6) is 0 Å². The van der Waals surface area contributed by atoms with Crippen LogP contribution in [0.3, 0.4) is 0 Å². The van der Waals surface area contributed by atoms with Crippen molar-refractivity contribution in [2.45, 2.75) is 25.8 Å². The minimum absolute atomic E-state index is 0. The van der Waals surface area contributed by atoms with E-state index in [0.717, 1.165) is 0 Å². The predicted molar refractivity (Wildman–Crippen MR) is 56.8 cm³/mol. The second kappa shape index (κ2) is 7.04. The average molecular weight is 184 g/mol. The molecule has 0 radical (unpaired) electrons. The Morgan fingerprint density at radius 3 is 2.42 bits per heavy atom. The molecule has 0 fully saturated rings. The summed E-state index contributed by atoms with van der Waals surface area (Å²) in [6, 6.07) is 12.4. The molecule has 1 aromatic rings. The molecule has 0 aliphatic heterocycles. The van der Waals surface area contributed by atoms with Gasteiger partial charge in [0.25, 0.3) is 0 Å². The topological polar surface area (TPSA) is 0 Å². The maximum absolute atomic E-state index is 2.27. The van der Waals surface area contributed by atoms with Crippen LogP contribution in [-0.2, 0) is 0 Å². The van der Waals surface area contributed by atoms with Crippen LogP contribution in [0.15, 0.2) is 30.3 Å². The Hall–Kier alpha value is -0.633. The third-order valence-electron chi connectivity index (χ3n) is 1.91. The van der Waals surface area contributed by atoms with Gasteiger partial charge >= 0.3 is 0 Å². The molecule has 0 amide bonds. The van der Waals surface area contributed by atoms with Crippen molar-refractivity contribution in [2.24, 2.45) is 0 Å². The van der Waals surface area contributed by atoms with E-state index in [2.05, 4.69) is 37.3 Å². The second-order valence-corrected chi connectivity index (χ2v) is 4.97. The van der Waals surface area contributed by atoms with Crippen molar-refractivity contribution in [1.29, 1.82) is 0 Å². The van der Waals surface area contributed by atoms with Gasteiger partial charge in [0.15, 0.2) is 0 Å². The van der Waals surface area contributed by atoms with Gasteiger partial charge in [0.2, 0.25) is 0 Å². The van der Waals surface area contributed by atoms with Gasteiger partial charge in [-0.3, -0.25) is 4.70 Å². The zero-order chi connectivity index (χ0) is 7.94. The highest BCUT2D eigenvalue weighted by Gasteiger charge is 1.90. The zero-order valence-electron chi connectivity index (χ0n) is 7.62. The van der Waals surface area contributed by atoms with Crippen molar-refractivity contribution in [3.8, 4) is 0 Å². The van der Waals surface area contributed by atoms with E-state index in [-0.39, 0.29) is 14.2 Å². The zero-order valence-corrected chi connectivity index (χ0v) is 9.04. The molecule has 0 aromatic heterocycles. The standard InChI is InChI=1S/C10H16Si.FH/c1-2-3-9-11-10-7-5-4-6-8-10;/h4-8H,2-3,9,11H2,1H3;1H. The minimum atomic E-state index is 0. The number of hydrogen-bond acceptors (Lipinski definition) is 0. The van der Waals surface area contributed by atoms with E-state index < -0.39 is 0 Å². The summed E-state index contributed by atoms with van der Waals surface area (Å²) < 4.78 is 0. The van der Waals surface area contributed by atoms with E-state index in [4.69, 9.17) is 0 Å². The molecule has 68 valence electrons. The number of benzene rings is 1. The average Bonchev–Trinajstić information content (AvgIpc) is 2.07. The summed E-state index contributed by atoms with van der Waals surface area (Å²) in [6.07, 6.45) is 2.76.